The largest absolute Gasteiger partial charge is 0.355 e. The molecule has 3 aromatic rings. The predicted molar refractivity (Wildman–Crippen MR) is 104 cm³/mol. The SMILES string of the molecule is NS(=O)(=O)N1CCCN(c2nc(-c3ccncc3)nc3ccccc23)CC1. The van der Waals surface area contributed by atoms with Crippen LogP contribution >= 0.6 is 0 Å². The molecule has 0 atom stereocenters. The molecule has 0 amide bonds. The number of hydrogen-bond acceptors (Lipinski definition) is 6. The summed E-state index contributed by atoms with van der Waals surface area (Å²) in [5.74, 6) is 1.43. The molecule has 140 valence electrons. The molecule has 9 heteroatoms. The van der Waals surface area contributed by atoms with Crippen molar-refractivity contribution in [2.45, 2.75) is 6.42 Å². The van der Waals surface area contributed by atoms with Crippen molar-refractivity contribution >= 4 is 26.9 Å². The standard InChI is InChI=1S/C18H20N6O2S/c19-27(25,26)24-11-3-10-23(12-13-24)18-15-4-1-2-5-16(15)21-17(22-18)14-6-8-20-9-7-14/h1-2,4-9H,3,10-13H2,(H2,19,25,26). The lowest BCUT2D eigenvalue weighted by Crippen LogP contribution is -2.39. The van der Waals surface area contributed by atoms with Gasteiger partial charge in [0.05, 0.1) is 5.52 Å². The van der Waals surface area contributed by atoms with Crippen LogP contribution in [0.4, 0.5) is 5.82 Å². The van der Waals surface area contributed by atoms with Gasteiger partial charge >= 0.3 is 0 Å². The molecule has 2 aromatic heterocycles. The summed E-state index contributed by atoms with van der Waals surface area (Å²) in [7, 11) is -3.68. The van der Waals surface area contributed by atoms with Gasteiger partial charge in [-0.05, 0) is 30.7 Å². The number of pyridine rings is 1. The van der Waals surface area contributed by atoms with Gasteiger partial charge in [-0.25, -0.2) is 15.1 Å². The minimum absolute atomic E-state index is 0.335. The molecule has 0 unspecified atom stereocenters. The molecule has 0 radical (unpaired) electrons. The third kappa shape index (κ3) is 3.75. The van der Waals surface area contributed by atoms with Gasteiger partial charge in [0, 0.05) is 49.5 Å². The van der Waals surface area contributed by atoms with Gasteiger partial charge in [0.15, 0.2) is 5.82 Å². The summed E-state index contributed by atoms with van der Waals surface area (Å²) in [6, 6.07) is 11.6. The Labute approximate surface area is 157 Å². The molecule has 27 heavy (non-hydrogen) atoms. The van der Waals surface area contributed by atoms with E-state index >= 15 is 0 Å². The maximum atomic E-state index is 11.7. The second kappa shape index (κ2) is 7.18. The zero-order chi connectivity index (χ0) is 18.9. The van der Waals surface area contributed by atoms with Crippen molar-refractivity contribution in [2.75, 3.05) is 31.1 Å². The van der Waals surface area contributed by atoms with Gasteiger partial charge in [-0.1, -0.05) is 12.1 Å². The van der Waals surface area contributed by atoms with Crippen molar-refractivity contribution in [3.05, 3.63) is 48.8 Å². The Bertz CT molecular complexity index is 1060. The normalized spacial score (nSPS) is 16.4. The Morgan fingerprint density at radius 1 is 0.926 bits per heavy atom. The molecule has 0 spiro atoms. The molecule has 8 nitrogen and oxygen atoms in total. The van der Waals surface area contributed by atoms with Gasteiger partial charge in [-0.2, -0.15) is 12.7 Å². The van der Waals surface area contributed by atoms with E-state index in [0.29, 0.717) is 38.4 Å². The number of benzene rings is 1. The number of rotatable bonds is 3. The van der Waals surface area contributed by atoms with Gasteiger partial charge in [-0.15, -0.1) is 0 Å². The van der Waals surface area contributed by atoms with Gasteiger partial charge in [0.2, 0.25) is 0 Å². The van der Waals surface area contributed by atoms with Crippen molar-refractivity contribution in [2.24, 2.45) is 5.14 Å². The highest BCUT2D eigenvalue weighted by Gasteiger charge is 2.24. The van der Waals surface area contributed by atoms with Gasteiger partial charge in [0.1, 0.15) is 5.82 Å². The van der Waals surface area contributed by atoms with E-state index < -0.39 is 10.2 Å². The lowest BCUT2D eigenvalue weighted by atomic mass is 10.2. The highest BCUT2D eigenvalue weighted by molar-refractivity contribution is 7.86. The molecule has 3 heterocycles. The number of nitrogens with two attached hydrogens (primary N) is 1. The third-order valence-electron chi connectivity index (χ3n) is 4.64. The van der Waals surface area contributed by atoms with Crippen molar-refractivity contribution in [3.8, 4) is 11.4 Å². The average Bonchev–Trinajstić information content (AvgIpc) is 2.94. The Morgan fingerprint density at radius 3 is 2.48 bits per heavy atom. The number of aromatic nitrogens is 3. The minimum Gasteiger partial charge on any atom is -0.355 e. The molecule has 1 aromatic carbocycles. The van der Waals surface area contributed by atoms with Crippen LogP contribution in [0, 0.1) is 0 Å². The first kappa shape index (κ1) is 17.8. The highest BCUT2D eigenvalue weighted by atomic mass is 32.2. The molecular formula is C18H20N6O2S. The average molecular weight is 384 g/mol. The van der Waals surface area contributed by atoms with Gasteiger partial charge in [-0.3, -0.25) is 4.98 Å². The number of nitrogens with zero attached hydrogens (tertiary/aromatic N) is 5. The van der Waals surface area contributed by atoms with E-state index in [1.165, 1.54) is 4.31 Å². The molecular weight excluding hydrogens is 364 g/mol. The van der Waals surface area contributed by atoms with Crippen LogP contribution in [0.2, 0.25) is 0 Å². The summed E-state index contributed by atoms with van der Waals surface area (Å²) < 4.78 is 24.7. The van der Waals surface area contributed by atoms with Crippen LogP contribution in [-0.2, 0) is 10.2 Å². The Balaban J connectivity index is 1.76. The summed E-state index contributed by atoms with van der Waals surface area (Å²) in [4.78, 5) is 15.7. The Kier molecular flexibility index (Phi) is 4.73. The van der Waals surface area contributed by atoms with E-state index in [4.69, 9.17) is 10.1 Å². The first-order valence-corrected chi connectivity index (χ1v) is 10.2. The zero-order valence-electron chi connectivity index (χ0n) is 14.7. The second-order valence-electron chi connectivity index (χ2n) is 6.41. The minimum atomic E-state index is -3.68. The number of hydrogen-bond donors (Lipinski definition) is 1. The van der Waals surface area contributed by atoms with E-state index in [9.17, 15) is 8.42 Å². The van der Waals surface area contributed by atoms with E-state index in [1.807, 2.05) is 36.4 Å². The molecule has 2 N–H and O–H groups in total. The molecule has 0 bridgehead atoms. The monoisotopic (exact) mass is 384 g/mol. The van der Waals surface area contributed by atoms with Crippen LogP contribution in [0.3, 0.4) is 0 Å². The summed E-state index contributed by atoms with van der Waals surface area (Å²) in [6.45, 7) is 1.97. The van der Waals surface area contributed by atoms with E-state index in [1.54, 1.807) is 12.4 Å². The first-order valence-electron chi connectivity index (χ1n) is 8.72. The van der Waals surface area contributed by atoms with Crippen LogP contribution in [0.25, 0.3) is 22.3 Å². The maximum absolute atomic E-state index is 11.7. The van der Waals surface area contributed by atoms with Crippen LogP contribution in [-0.4, -0.2) is 53.9 Å². The summed E-state index contributed by atoms with van der Waals surface area (Å²) in [5, 5.41) is 6.25. The topological polar surface area (TPSA) is 105 Å². The molecule has 1 aliphatic rings. The second-order valence-corrected chi connectivity index (χ2v) is 7.95. The number of anilines is 1. The van der Waals surface area contributed by atoms with Crippen LogP contribution in [0.5, 0.6) is 0 Å². The molecule has 0 aliphatic carbocycles. The molecule has 1 fully saturated rings. The van der Waals surface area contributed by atoms with Crippen LogP contribution in [0.15, 0.2) is 48.8 Å². The zero-order valence-corrected chi connectivity index (χ0v) is 15.5. The summed E-state index contributed by atoms with van der Waals surface area (Å²) in [5.41, 5.74) is 1.74. The third-order valence-corrected chi connectivity index (χ3v) is 5.72. The van der Waals surface area contributed by atoms with Crippen molar-refractivity contribution in [1.29, 1.82) is 0 Å². The van der Waals surface area contributed by atoms with E-state index in [2.05, 4.69) is 14.9 Å². The molecule has 1 aliphatic heterocycles. The fraction of sp³-hybridized carbons (Fsp3) is 0.278. The maximum Gasteiger partial charge on any atom is 0.276 e. The fourth-order valence-corrected chi connectivity index (χ4v) is 4.01. The fourth-order valence-electron chi connectivity index (χ4n) is 3.29. The lowest BCUT2D eigenvalue weighted by Gasteiger charge is -2.23. The quantitative estimate of drug-likeness (QED) is 0.732. The van der Waals surface area contributed by atoms with E-state index in [0.717, 1.165) is 22.3 Å². The van der Waals surface area contributed by atoms with Crippen LogP contribution < -0.4 is 10.0 Å². The number of fused-ring (bicyclic) bond motifs is 1. The summed E-state index contributed by atoms with van der Waals surface area (Å²) in [6.07, 6.45) is 4.10. The Hall–Kier alpha value is -2.62. The van der Waals surface area contributed by atoms with Crippen LogP contribution in [0.1, 0.15) is 6.42 Å². The predicted octanol–water partition coefficient (Wildman–Crippen LogP) is 1.41. The van der Waals surface area contributed by atoms with Crippen molar-refractivity contribution in [3.63, 3.8) is 0 Å². The lowest BCUT2D eigenvalue weighted by molar-refractivity contribution is 0.434. The number of para-hydroxylation sites is 1. The molecule has 0 saturated carbocycles. The smallest absolute Gasteiger partial charge is 0.276 e. The van der Waals surface area contributed by atoms with E-state index in [-0.39, 0.29) is 0 Å². The van der Waals surface area contributed by atoms with Gasteiger partial charge in [0.25, 0.3) is 10.2 Å². The first-order chi connectivity index (χ1) is 13.0. The molecule has 1 saturated heterocycles. The van der Waals surface area contributed by atoms with Crippen molar-refractivity contribution < 1.29 is 8.42 Å². The molecule has 4 rings (SSSR count). The Morgan fingerprint density at radius 2 is 1.70 bits per heavy atom. The van der Waals surface area contributed by atoms with Crippen molar-refractivity contribution in [1.82, 2.24) is 19.3 Å². The van der Waals surface area contributed by atoms with Gasteiger partial charge < -0.3 is 4.90 Å². The summed E-state index contributed by atoms with van der Waals surface area (Å²) >= 11 is 0. The highest BCUT2D eigenvalue weighted by Crippen LogP contribution is 2.28.